The number of nitrogen functional groups attached to an aromatic ring is 1. The lowest BCUT2D eigenvalue weighted by Gasteiger charge is -2.20. The van der Waals surface area contributed by atoms with Gasteiger partial charge < -0.3 is 30.3 Å². The molecule has 2 heterocycles. The van der Waals surface area contributed by atoms with Crippen molar-refractivity contribution in [2.45, 2.75) is 37.2 Å². The number of carboxylic acids is 1. The molecule has 0 aliphatic carbocycles. The van der Waals surface area contributed by atoms with E-state index in [0.29, 0.717) is 4.83 Å². The molecule has 186 valence electrons. The molecule has 1 aromatic carbocycles. The number of carboxylic acid groups (broad SMARTS) is 1. The second-order valence-corrected chi connectivity index (χ2v) is 8.33. The molecule has 3 rings (SSSR count). The molecule has 15 nitrogen and oxygen atoms in total. The van der Waals surface area contributed by atoms with Gasteiger partial charge in [0.25, 0.3) is 0 Å². The molecular weight excluding hydrogens is 492 g/mol. The summed E-state index contributed by atoms with van der Waals surface area (Å²) in [7, 11) is -3.16. The van der Waals surface area contributed by atoms with Crippen molar-refractivity contribution in [3.05, 3.63) is 53.1 Å². The van der Waals surface area contributed by atoms with E-state index in [0.717, 1.165) is 17.7 Å². The van der Waals surface area contributed by atoms with Crippen LogP contribution in [0.3, 0.4) is 0 Å². The largest absolute Gasteiger partial charge is 0.653 e. The first kappa shape index (κ1) is 26.0. The van der Waals surface area contributed by atoms with Crippen molar-refractivity contribution in [3.63, 3.8) is 0 Å². The fourth-order valence-corrected chi connectivity index (χ4v) is 3.99. The van der Waals surface area contributed by atoms with Crippen molar-refractivity contribution in [2.24, 2.45) is 5.11 Å². The first-order valence-electron chi connectivity index (χ1n) is 9.86. The SMILES string of the molecule is CC(C(=O)[O-])N(Oc1ccccc1)[P+](=O)OC[C@@]1(N=[N+]=N)O[C@@H](n2ccc(N)nc2=O)[C@H](O)[C@@H]1F. The van der Waals surface area contributed by atoms with Gasteiger partial charge in [-0.25, -0.2) is 9.18 Å². The highest BCUT2D eigenvalue weighted by Gasteiger charge is 2.63. The number of hydrogen-bond acceptors (Lipinski definition) is 12. The lowest BCUT2D eigenvalue weighted by molar-refractivity contribution is -0.313. The molecule has 2 aromatic rings. The summed E-state index contributed by atoms with van der Waals surface area (Å²) in [6.07, 6.45) is -5.02. The van der Waals surface area contributed by atoms with Gasteiger partial charge in [0.05, 0.1) is 5.97 Å². The lowest BCUT2D eigenvalue weighted by Crippen LogP contribution is -2.46. The quantitative estimate of drug-likeness (QED) is 0.158. The summed E-state index contributed by atoms with van der Waals surface area (Å²) in [4.78, 5) is 35.5. The van der Waals surface area contributed by atoms with Crippen LogP contribution in [0.4, 0.5) is 10.2 Å². The molecule has 35 heavy (non-hydrogen) atoms. The van der Waals surface area contributed by atoms with E-state index in [1.54, 1.807) is 18.2 Å². The number of para-hydroxylation sites is 1. The Morgan fingerprint density at radius 3 is 2.80 bits per heavy atom. The first-order chi connectivity index (χ1) is 16.6. The molecule has 1 saturated heterocycles. The Hall–Kier alpha value is -3.65. The number of nitrogens with one attached hydrogen (secondary N) is 1. The van der Waals surface area contributed by atoms with Crippen molar-refractivity contribution in [1.82, 2.24) is 19.3 Å². The van der Waals surface area contributed by atoms with E-state index in [9.17, 15) is 24.4 Å². The minimum atomic E-state index is -3.16. The molecule has 0 saturated carbocycles. The maximum absolute atomic E-state index is 15.2. The van der Waals surface area contributed by atoms with E-state index in [1.807, 2.05) is 0 Å². The van der Waals surface area contributed by atoms with Gasteiger partial charge in [0.1, 0.15) is 28.3 Å². The summed E-state index contributed by atoms with van der Waals surface area (Å²) in [5, 5.41) is 25.1. The zero-order chi connectivity index (χ0) is 25.8. The number of hydroxylamine groups is 1. The van der Waals surface area contributed by atoms with Gasteiger partial charge >= 0.3 is 19.6 Å². The smallest absolute Gasteiger partial charge is 0.548 e. The zero-order valence-electron chi connectivity index (χ0n) is 18.0. The Morgan fingerprint density at radius 2 is 2.20 bits per heavy atom. The number of carbonyl (C=O) groups is 1. The number of hydrogen-bond donors (Lipinski definition) is 3. The number of rotatable bonds is 10. The standard InChI is InChI=1S/C18H19FN7O8P/c1-10(16(28)29)26(34-11-5-3-2-4-6-11)35(31)32-9-18(23-24-21)14(19)13(27)15(33-18)25-8-7-12(20)22-17(25)30/h2-8,10,13-15,21,27H,9H2,1H3,(H-2,20,22,28,29,30)/p+1/t10?,13-,14+,15-,18-/m1/s1. The Morgan fingerprint density at radius 1 is 1.51 bits per heavy atom. The molecule has 1 aromatic heterocycles. The second kappa shape index (κ2) is 10.7. The number of aliphatic carboxylic acids is 1. The predicted octanol–water partition coefficient (Wildman–Crippen LogP) is -0.592. The predicted molar refractivity (Wildman–Crippen MR) is 111 cm³/mol. The van der Waals surface area contributed by atoms with E-state index in [1.165, 1.54) is 18.2 Å². The van der Waals surface area contributed by atoms with Gasteiger partial charge in [0.2, 0.25) is 4.91 Å². The van der Waals surface area contributed by atoms with Gasteiger partial charge in [-0.15, -0.1) is 4.52 Å². The van der Waals surface area contributed by atoms with Crippen molar-refractivity contribution < 1.29 is 38.1 Å². The highest BCUT2D eigenvalue weighted by Crippen LogP contribution is 2.42. The second-order valence-electron chi connectivity index (χ2n) is 7.20. The molecular formula is C18H20FN7O8P+. The van der Waals surface area contributed by atoms with Crippen LogP contribution >= 0.6 is 8.18 Å². The van der Waals surface area contributed by atoms with E-state index >= 15 is 4.39 Å². The average molecular weight is 512 g/mol. The van der Waals surface area contributed by atoms with E-state index in [-0.39, 0.29) is 11.6 Å². The molecule has 2 unspecified atom stereocenters. The van der Waals surface area contributed by atoms with Crippen LogP contribution in [0.15, 0.2) is 52.5 Å². The van der Waals surface area contributed by atoms with Crippen LogP contribution in [0, 0.1) is 5.53 Å². The Kier molecular flexibility index (Phi) is 7.96. The van der Waals surface area contributed by atoms with Gasteiger partial charge in [-0.1, -0.05) is 18.2 Å². The van der Waals surface area contributed by atoms with Crippen molar-refractivity contribution >= 4 is 20.0 Å². The van der Waals surface area contributed by atoms with Gasteiger partial charge in [-0.2, -0.15) is 4.98 Å². The van der Waals surface area contributed by atoms with Crippen LogP contribution in [-0.4, -0.2) is 56.1 Å². The fourth-order valence-electron chi connectivity index (χ4n) is 3.04. The summed E-state index contributed by atoms with van der Waals surface area (Å²) in [5.74, 6) is -1.67. The molecule has 0 bridgehead atoms. The molecule has 0 radical (unpaired) electrons. The lowest BCUT2D eigenvalue weighted by atomic mass is 10.1. The molecule has 6 atom stereocenters. The van der Waals surface area contributed by atoms with Crippen LogP contribution in [0.1, 0.15) is 13.2 Å². The molecule has 17 heteroatoms. The Labute approximate surface area is 197 Å². The maximum Gasteiger partial charge on any atom is 0.653 e. The highest BCUT2D eigenvalue weighted by atomic mass is 31.1. The van der Waals surface area contributed by atoms with Crippen LogP contribution in [0.25, 0.3) is 0 Å². The van der Waals surface area contributed by atoms with Crippen LogP contribution in [-0.2, 0) is 18.6 Å². The summed E-state index contributed by atoms with van der Waals surface area (Å²) in [5.41, 5.74) is 8.94. The highest BCUT2D eigenvalue weighted by molar-refractivity contribution is 7.36. The summed E-state index contributed by atoms with van der Waals surface area (Å²) >= 11 is 0. The van der Waals surface area contributed by atoms with Crippen molar-refractivity contribution in [3.8, 4) is 5.75 Å². The van der Waals surface area contributed by atoms with Crippen LogP contribution < -0.4 is 26.3 Å². The number of nitrogens with two attached hydrogens (primary N) is 1. The van der Waals surface area contributed by atoms with E-state index in [2.05, 4.69) is 15.0 Å². The van der Waals surface area contributed by atoms with Gasteiger partial charge in [0, 0.05) is 6.20 Å². The normalized spacial score (nSPS) is 25.0. The molecule has 1 fully saturated rings. The molecule has 0 amide bonds. The molecule has 0 spiro atoms. The maximum atomic E-state index is 15.2. The molecule has 1 aliphatic heterocycles. The van der Waals surface area contributed by atoms with Crippen molar-refractivity contribution in [2.75, 3.05) is 12.3 Å². The number of aromatic nitrogens is 2. The van der Waals surface area contributed by atoms with Gasteiger partial charge in [-0.3, -0.25) is 4.57 Å². The van der Waals surface area contributed by atoms with Gasteiger partial charge in [-0.05, 0) is 29.7 Å². The number of aliphatic hydroxyl groups is 1. The summed E-state index contributed by atoms with van der Waals surface area (Å²) in [6.45, 7) is 0.0867. The van der Waals surface area contributed by atoms with Gasteiger partial charge in [0.15, 0.2) is 29.9 Å². The number of carbonyl (C=O) groups excluding carboxylic acids is 1. The minimum Gasteiger partial charge on any atom is -0.548 e. The van der Waals surface area contributed by atoms with Crippen LogP contribution in [0.2, 0.25) is 0 Å². The minimum absolute atomic E-state index is 0.110. The molecule has 1 aliphatic rings. The third-order valence-electron chi connectivity index (χ3n) is 4.85. The number of alkyl halides is 1. The topological polar surface area (TPSA) is 220 Å². The first-order valence-corrected chi connectivity index (χ1v) is 11.0. The Bertz CT molecular complexity index is 1200. The number of nitrogens with zero attached hydrogens (tertiary/aromatic N) is 5. The third-order valence-corrected chi connectivity index (χ3v) is 5.95. The molecule has 4 N–H and O–H groups in total. The van der Waals surface area contributed by atoms with Crippen molar-refractivity contribution in [1.29, 1.82) is 5.53 Å². The zero-order valence-corrected chi connectivity index (χ0v) is 18.9. The summed E-state index contributed by atoms with van der Waals surface area (Å²) in [6, 6.07) is 7.32. The number of halogens is 1. The van der Waals surface area contributed by atoms with Crippen LogP contribution in [0.5, 0.6) is 5.75 Å². The summed E-state index contributed by atoms with van der Waals surface area (Å²) < 4.78 is 39.3. The number of aliphatic hydroxyl groups excluding tert-OH is 1. The number of benzene rings is 1. The Balaban J connectivity index is 1.84. The average Bonchev–Trinajstić information content (AvgIpc) is 3.07. The fraction of sp³-hybridized carbons (Fsp3) is 0.389. The number of anilines is 1. The monoisotopic (exact) mass is 512 g/mol. The van der Waals surface area contributed by atoms with E-state index in [4.69, 9.17) is 25.4 Å². The van der Waals surface area contributed by atoms with E-state index < -0.39 is 56.7 Å². The number of ether oxygens (including phenoxy) is 1. The third kappa shape index (κ3) is 5.54.